The van der Waals surface area contributed by atoms with Gasteiger partial charge in [0.25, 0.3) is 0 Å². The zero-order valence-electron chi connectivity index (χ0n) is 9.63. The molecule has 0 saturated heterocycles. The molecule has 0 radical (unpaired) electrons. The van der Waals surface area contributed by atoms with Crippen LogP contribution in [0.4, 0.5) is 5.69 Å². The van der Waals surface area contributed by atoms with Crippen molar-refractivity contribution >= 4 is 5.69 Å². The summed E-state index contributed by atoms with van der Waals surface area (Å²) in [5.74, 6) is 1.59. The van der Waals surface area contributed by atoms with E-state index in [0.29, 0.717) is 11.7 Å². The van der Waals surface area contributed by atoms with Gasteiger partial charge in [0.05, 0.1) is 12.7 Å². The average molecular weight is 230 g/mol. The molecule has 0 bridgehead atoms. The minimum absolute atomic E-state index is 0.544. The van der Waals surface area contributed by atoms with Crippen molar-refractivity contribution < 1.29 is 4.74 Å². The molecule has 1 aliphatic carbocycles. The molecule has 2 aromatic rings. The number of nitrogen functional groups attached to an aromatic ring is 1. The number of anilines is 1. The van der Waals surface area contributed by atoms with E-state index in [2.05, 4.69) is 14.8 Å². The Balaban J connectivity index is 2.10. The molecule has 1 saturated carbocycles. The average Bonchev–Trinajstić information content (AvgIpc) is 3.07. The molecule has 2 N–H and O–H groups in total. The Morgan fingerprint density at radius 2 is 2.24 bits per heavy atom. The molecular formula is C12H14N4O. The zero-order valence-corrected chi connectivity index (χ0v) is 9.63. The fourth-order valence-electron chi connectivity index (χ4n) is 1.95. The number of ether oxygens (including phenoxy) is 1. The maximum atomic E-state index is 5.74. The summed E-state index contributed by atoms with van der Waals surface area (Å²) >= 11 is 0. The first kappa shape index (κ1) is 10.1. The third-order valence-electron chi connectivity index (χ3n) is 2.98. The third-order valence-corrected chi connectivity index (χ3v) is 2.98. The van der Waals surface area contributed by atoms with E-state index in [1.807, 2.05) is 12.1 Å². The number of nitrogens with two attached hydrogens (primary N) is 1. The minimum atomic E-state index is 0.544. The monoisotopic (exact) mass is 230 g/mol. The quantitative estimate of drug-likeness (QED) is 0.817. The highest BCUT2D eigenvalue weighted by Crippen LogP contribution is 2.39. The lowest BCUT2D eigenvalue weighted by molar-refractivity contribution is 0.416. The van der Waals surface area contributed by atoms with Crippen molar-refractivity contribution in [2.75, 3.05) is 12.8 Å². The Labute approximate surface area is 99.2 Å². The van der Waals surface area contributed by atoms with Crippen LogP contribution in [0.25, 0.3) is 11.4 Å². The summed E-state index contributed by atoms with van der Waals surface area (Å²) < 4.78 is 7.45. The van der Waals surface area contributed by atoms with Crippen LogP contribution in [0.15, 0.2) is 24.5 Å². The topological polar surface area (TPSA) is 66.0 Å². The van der Waals surface area contributed by atoms with E-state index in [4.69, 9.17) is 10.5 Å². The normalized spacial score (nSPS) is 14.9. The highest BCUT2D eigenvalue weighted by Gasteiger charge is 2.27. The minimum Gasteiger partial charge on any atom is -0.496 e. The first-order valence-corrected chi connectivity index (χ1v) is 5.63. The molecule has 1 fully saturated rings. The van der Waals surface area contributed by atoms with Crippen molar-refractivity contribution in [2.24, 2.45) is 0 Å². The van der Waals surface area contributed by atoms with Crippen LogP contribution in [0.5, 0.6) is 5.75 Å². The second kappa shape index (κ2) is 3.76. The second-order valence-corrected chi connectivity index (χ2v) is 4.25. The van der Waals surface area contributed by atoms with E-state index in [1.165, 1.54) is 12.8 Å². The number of aromatic nitrogens is 3. The van der Waals surface area contributed by atoms with Crippen LogP contribution in [0.1, 0.15) is 18.9 Å². The molecule has 0 atom stereocenters. The molecule has 1 aromatic heterocycles. The molecule has 0 unspecified atom stereocenters. The van der Waals surface area contributed by atoms with Gasteiger partial charge in [-0.05, 0) is 25.0 Å². The lowest BCUT2D eigenvalue weighted by atomic mass is 10.1. The van der Waals surface area contributed by atoms with Gasteiger partial charge in [0.1, 0.15) is 12.1 Å². The van der Waals surface area contributed by atoms with E-state index in [1.54, 1.807) is 19.5 Å². The molecule has 88 valence electrons. The fourth-order valence-corrected chi connectivity index (χ4v) is 1.95. The number of nitrogens with zero attached hydrogens (tertiary/aromatic N) is 3. The number of hydrogen-bond acceptors (Lipinski definition) is 4. The number of hydrogen-bond donors (Lipinski definition) is 1. The second-order valence-electron chi connectivity index (χ2n) is 4.25. The van der Waals surface area contributed by atoms with E-state index in [0.717, 1.165) is 17.1 Å². The van der Waals surface area contributed by atoms with Crippen LogP contribution in [0, 0.1) is 0 Å². The summed E-state index contributed by atoms with van der Waals surface area (Å²) in [5.41, 5.74) is 7.36. The van der Waals surface area contributed by atoms with Gasteiger partial charge < -0.3 is 15.0 Å². The Bertz CT molecular complexity index is 545. The van der Waals surface area contributed by atoms with Crippen LogP contribution in [0.3, 0.4) is 0 Å². The number of methoxy groups -OCH3 is 1. The number of benzene rings is 1. The van der Waals surface area contributed by atoms with Gasteiger partial charge >= 0.3 is 0 Å². The lowest BCUT2D eigenvalue weighted by Gasteiger charge is -2.10. The predicted octanol–water partition coefficient (Wildman–Crippen LogP) is 1.87. The van der Waals surface area contributed by atoms with Gasteiger partial charge in [0.2, 0.25) is 0 Å². The Morgan fingerprint density at radius 1 is 1.41 bits per heavy atom. The first-order chi connectivity index (χ1) is 8.29. The highest BCUT2D eigenvalue weighted by molar-refractivity contribution is 5.68. The van der Waals surface area contributed by atoms with Crippen LogP contribution in [-0.4, -0.2) is 21.9 Å². The summed E-state index contributed by atoms with van der Waals surface area (Å²) in [6.07, 6.45) is 4.17. The molecule has 1 heterocycles. The van der Waals surface area contributed by atoms with Crippen molar-refractivity contribution in [2.45, 2.75) is 18.9 Å². The summed E-state index contributed by atoms with van der Waals surface area (Å²) in [7, 11) is 1.64. The molecule has 5 nitrogen and oxygen atoms in total. The van der Waals surface area contributed by atoms with Crippen molar-refractivity contribution in [3.05, 3.63) is 24.5 Å². The Kier molecular flexibility index (Phi) is 2.24. The van der Waals surface area contributed by atoms with E-state index in [-0.39, 0.29) is 0 Å². The van der Waals surface area contributed by atoms with E-state index in [9.17, 15) is 0 Å². The summed E-state index contributed by atoms with van der Waals surface area (Å²) in [6.45, 7) is 0. The largest absolute Gasteiger partial charge is 0.496 e. The smallest absolute Gasteiger partial charge is 0.167 e. The van der Waals surface area contributed by atoms with Crippen molar-refractivity contribution in [3.63, 3.8) is 0 Å². The van der Waals surface area contributed by atoms with Gasteiger partial charge in [-0.15, -0.1) is 10.2 Å². The van der Waals surface area contributed by atoms with Crippen LogP contribution >= 0.6 is 0 Å². The zero-order chi connectivity index (χ0) is 11.8. The first-order valence-electron chi connectivity index (χ1n) is 5.63. The number of rotatable bonds is 3. The summed E-state index contributed by atoms with van der Waals surface area (Å²) in [5, 5.41) is 8.16. The van der Waals surface area contributed by atoms with E-state index < -0.39 is 0 Å². The summed E-state index contributed by atoms with van der Waals surface area (Å²) in [4.78, 5) is 0. The van der Waals surface area contributed by atoms with Crippen molar-refractivity contribution in [1.82, 2.24) is 14.8 Å². The predicted molar refractivity (Wildman–Crippen MR) is 64.7 cm³/mol. The SMILES string of the molecule is COc1cc(N)ccc1-c1nncn1C1CC1. The van der Waals surface area contributed by atoms with Crippen LogP contribution < -0.4 is 10.5 Å². The Hall–Kier alpha value is -2.04. The van der Waals surface area contributed by atoms with Gasteiger partial charge in [0.15, 0.2) is 5.82 Å². The van der Waals surface area contributed by atoms with Crippen LogP contribution in [0.2, 0.25) is 0 Å². The van der Waals surface area contributed by atoms with Gasteiger partial charge in [-0.1, -0.05) is 0 Å². The van der Waals surface area contributed by atoms with Gasteiger partial charge in [0, 0.05) is 17.8 Å². The molecule has 0 amide bonds. The fraction of sp³-hybridized carbons (Fsp3) is 0.333. The maximum Gasteiger partial charge on any atom is 0.167 e. The van der Waals surface area contributed by atoms with Crippen molar-refractivity contribution in [1.29, 1.82) is 0 Å². The summed E-state index contributed by atoms with van der Waals surface area (Å²) in [6, 6.07) is 6.13. The van der Waals surface area contributed by atoms with Gasteiger partial charge in [-0.3, -0.25) is 0 Å². The highest BCUT2D eigenvalue weighted by atomic mass is 16.5. The molecule has 0 spiro atoms. The molecule has 0 aliphatic heterocycles. The molecule has 17 heavy (non-hydrogen) atoms. The molecular weight excluding hydrogens is 216 g/mol. The Morgan fingerprint density at radius 3 is 2.94 bits per heavy atom. The molecule has 3 rings (SSSR count). The molecule has 1 aliphatic rings. The van der Waals surface area contributed by atoms with E-state index >= 15 is 0 Å². The van der Waals surface area contributed by atoms with Crippen molar-refractivity contribution in [3.8, 4) is 17.1 Å². The van der Waals surface area contributed by atoms with Gasteiger partial charge in [-0.2, -0.15) is 0 Å². The standard InChI is InChI=1S/C12H14N4O/c1-17-11-6-8(13)2-5-10(11)12-15-14-7-16(12)9-3-4-9/h2,5-7,9H,3-4,13H2,1H3. The maximum absolute atomic E-state index is 5.74. The van der Waals surface area contributed by atoms with Gasteiger partial charge in [-0.25, -0.2) is 0 Å². The molecule has 5 heteroatoms. The van der Waals surface area contributed by atoms with Crippen LogP contribution in [-0.2, 0) is 0 Å². The molecule has 1 aromatic carbocycles. The third kappa shape index (κ3) is 1.73. The lowest BCUT2D eigenvalue weighted by Crippen LogP contribution is -1.98.